The maximum absolute atomic E-state index is 12.1. The normalized spacial score (nSPS) is 11.0. The fraction of sp³-hybridized carbons (Fsp3) is 0.0667. The second kappa shape index (κ2) is 6.45. The van der Waals surface area contributed by atoms with Gasteiger partial charge in [-0.15, -0.1) is 0 Å². The number of rotatable bonds is 4. The van der Waals surface area contributed by atoms with E-state index in [1.165, 1.54) is 6.21 Å². The first-order chi connectivity index (χ1) is 11.2. The van der Waals surface area contributed by atoms with E-state index in [0.717, 1.165) is 0 Å². The number of amides is 1. The molecule has 2 heterocycles. The molecule has 3 aromatic rings. The molecule has 8 heteroatoms. The second-order valence-electron chi connectivity index (χ2n) is 4.60. The highest BCUT2D eigenvalue weighted by Gasteiger charge is 2.12. The number of halogens is 1. The highest BCUT2D eigenvalue weighted by molar-refractivity contribution is 6.33. The first-order valence-corrected chi connectivity index (χ1v) is 7.16. The molecule has 7 nitrogen and oxygen atoms in total. The molecule has 0 atom stereocenters. The van der Waals surface area contributed by atoms with E-state index in [0.29, 0.717) is 22.1 Å². The standard InChI is InChI=1S/C15H13ClN6O/c1-17-13-14-20-12(9-22(14)7-6-18-13)15(23)21-19-8-10-4-2-3-5-11(10)16/h2-9H,1H3,(H,17,18)(H,21,23)/b19-8-. The van der Waals surface area contributed by atoms with Crippen molar-refractivity contribution in [1.82, 2.24) is 19.8 Å². The molecule has 3 rings (SSSR count). The van der Waals surface area contributed by atoms with Gasteiger partial charge in [-0.3, -0.25) is 4.79 Å². The number of hydrazone groups is 1. The molecule has 0 saturated heterocycles. The van der Waals surface area contributed by atoms with E-state index in [2.05, 4.69) is 25.8 Å². The summed E-state index contributed by atoms with van der Waals surface area (Å²) in [7, 11) is 1.74. The van der Waals surface area contributed by atoms with Gasteiger partial charge >= 0.3 is 0 Å². The van der Waals surface area contributed by atoms with Crippen molar-refractivity contribution in [3.63, 3.8) is 0 Å². The van der Waals surface area contributed by atoms with Crippen LogP contribution in [0.1, 0.15) is 16.1 Å². The summed E-state index contributed by atoms with van der Waals surface area (Å²) in [6.07, 6.45) is 6.43. The average Bonchev–Trinajstić information content (AvgIpc) is 3.00. The van der Waals surface area contributed by atoms with Crippen LogP contribution in [0.2, 0.25) is 5.02 Å². The van der Waals surface area contributed by atoms with Crippen LogP contribution in [0.25, 0.3) is 5.65 Å². The zero-order valence-electron chi connectivity index (χ0n) is 12.2. The summed E-state index contributed by atoms with van der Waals surface area (Å²) in [5, 5.41) is 7.38. The molecule has 1 aromatic carbocycles. The van der Waals surface area contributed by atoms with Gasteiger partial charge in [-0.25, -0.2) is 15.4 Å². The Hall–Kier alpha value is -2.93. The van der Waals surface area contributed by atoms with Gasteiger partial charge in [-0.1, -0.05) is 29.8 Å². The van der Waals surface area contributed by atoms with Gasteiger partial charge < -0.3 is 9.72 Å². The lowest BCUT2D eigenvalue weighted by molar-refractivity contribution is 0.0951. The zero-order chi connectivity index (χ0) is 16.2. The number of hydrogen-bond donors (Lipinski definition) is 2. The maximum atomic E-state index is 12.1. The van der Waals surface area contributed by atoms with Crippen molar-refractivity contribution in [3.05, 3.63) is 59.1 Å². The largest absolute Gasteiger partial charge is 0.370 e. The Morgan fingerprint density at radius 1 is 1.39 bits per heavy atom. The van der Waals surface area contributed by atoms with Crippen LogP contribution in [0.4, 0.5) is 5.82 Å². The van der Waals surface area contributed by atoms with E-state index in [4.69, 9.17) is 11.6 Å². The summed E-state index contributed by atoms with van der Waals surface area (Å²) in [6, 6.07) is 7.21. The molecule has 0 aliphatic heterocycles. The topological polar surface area (TPSA) is 83.7 Å². The summed E-state index contributed by atoms with van der Waals surface area (Å²) in [5.41, 5.74) is 3.95. The Labute approximate surface area is 137 Å². The van der Waals surface area contributed by atoms with Crippen LogP contribution in [-0.2, 0) is 0 Å². The third-order valence-electron chi connectivity index (χ3n) is 3.12. The minimum atomic E-state index is -0.418. The van der Waals surface area contributed by atoms with E-state index in [1.54, 1.807) is 42.2 Å². The van der Waals surface area contributed by atoms with Gasteiger partial charge in [0.1, 0.15) is 5.69 Å². The number of imidazole rings is 1. The molecule has 1 amide bonds. The van der Waals surface area contributed by atoms with Crippen molar-refractivity contribution < 1.29 is 4.79 Å². The Morgan fingerprint density at radius 3 is 3.00 bits per heavy atom. The van der Waals surface area contributed by atoms with Crippen molar-refractivity contribution in [1.29, 1.82) is 0 Å². The van der Waals surface area contributed by atoms with Crippen molar-refractivity contribution >= 4 is 35.2 Å². The van der Waals surface area contributed by atoms with E-state index >= 15 is 0 Å². The number of carbonyl (C=O) groups is 1. The van der Waals surface area contributed by atoms with Crippen molar-refractivity contribution in [2.45, 2.75) is 0 Å². The number of carbonyl (C=O) groups excluding carboxylic acids is 1. The van der Waals surface area contributed by atoms with Gasteiger partial charge in [0, 0.05) is 36.2 Å². The number of hydrogen-bond acceptors (Lipinski definition) is 5. The highest BCUT2D eigenvalue weighted by atomic mass is 35.5. The third kappa shape index (κ3) is 3.14. The Morgan fingerprint density at radius 2 is 2.22 bits per heavy atom. The highest BCUT2D eigenvalue weighted by Crippen LogP contribution is 2.13. The molecule has 0 aliphatic rings. The summed E-state index contributed by atoms with van der Waals surface area (Å²) in [4.78, 5) is 20.5. The summed E-state index contributed by atoms with van der Waals surface area (Å²) >= 11 is 6.01. The van der Waals surface area contributed by atoms with Crippen LogP contribution in [-0.4, -0.2) is 33.5 Å². The van der Waals surface area contributed by atoms with Crippen LogP contribution in [0.3, 0.4) is 0 Å². The molecular formula is C15H13ClN6O. The van der Waals surface area contributed by atoms with E-state index in [1.807, 2.05) is 12.1 Å². The number of anilines is 1. The minimum Gasteiger partial charge on any atom is -0.370 e. The Bertz CT molecular complexity index is 889. The fourth-order valence-corrected chi connectivity index (χ4v) is 2.19. The second-order valence-corrected chi connectivity index (χ2v) is 5.01. The molecular weight excluding hydrogens is 316 g/mol. The monoisotopic (exact) mass is 328 g/mol. The van der Waals surface area contributed by atoms with Crippen molar-refractivity contribution in [3.8, 4) is 0 Å². The summed E-state index contributed by atoms with van der Waals surface area (Å²) < 4.78 is 1.71. The number of nitrogens with zero attached hydrogens (tertiary/aromatic N) is 4. The molecule has 0 fully saturated rings. The molecule has 0 bridgehead atoms. The van der Waals surface area contributed by atoms with E-state index in [9.17, 15) is 4.79 Å². The average molecular weight is 329 g/mol. The predicted octanol–water partition coefficient (Wildman–Crippen LogP) is 2.19. The fourth-order valence-electron chi connectivity index (χ4n) is 2.00. The molecule has 0 aliphatic carbocycles. The molecule has 0 radical (unpaired) electrons. The van der Waals surface area contributed by atoms with Crippen LogP contribution >= 0.6 is 11.6 Å². The lowest BCUT2D eigenvalue weighted by Gasteiger charge is -1.98. The van der Waals surface area contributed by atoms with Gasteiger partial charge in [0.2, 0.25) is 0 Å². The maximum Gasteiger partial charge on any atom is 0.291 e. The van der Waals surface area contributed by atoms with Crippen LogP contribution in [0, 0.1) is 0 Å². The van der Waals surface area contributed by atoms with Gasteiger partial charge in [0.15, 0.2) is 11.5 Å². The van der Waals surface area contributed by atoms with Gasteiger partial charge in [0.25, 0.3) is 5.91 Å². The first kappa shape index (κ1) is 15.0. The minimum absolute atomic E-state index is 0.241. The molecule has 2 N–H and O–H groups in total. The Balaban J connectivity index is 1.77. The Kier molecular flexibility index (Phi) is 4.20. The number of fused-ring (bicyclic) bond motifs is 1. The van der Waals surface area contributed by atoms with Crippen LogP contribution in [0.5, 0.6) is 0 Å². The summed E-state index contributed by atoms with van der Waals surface area (Å²) in [6.45, 7) is 0. The van der Waals surface area contributed by atoms with Crippen LogP contribution < -0.4 is 10.7 Å². The smallest absolute Gasteiger partial charge is 0.291 e. The van der Waals surface area contributed by atoms with Gasteiger partial charge in [-0.2, -0.15) is 5.10 Å². The number of benzene rings is 1. The summed E-state index contributed by atoms with van der Waals surface area (Å²) in [5.74, 6) is 0.171. The van der Waals surface area contributed by atoms with Crippen LogP contribution in [0.15, 0.2) is 48.0 Å². The molecule has 2 aromatic heterocycles. The predicted molar refractivity (Wildman–Crippen MR) is 89.0 cm³/mol. The number of aromatic nitrogens is 3. The van der Waals surface area contributed by atoms with Crippen molar-refractivity contribution in [2.75, 3.05) is 12.4 Å². The molecule has 0 saturated carbocycles. The van der Waals surface area contributed by atoms with Gasteiger partial charge in [0.05, 0.1) is 6.21 Å². The molecule has 0 spiro atoms. The van der Waals surface area contributed by atoms with E-state index < -0.39 is 5.91 Å². The lowest BCUT2D eigenvalue weighted by Crippen LogP contribution is -2.18. The SMILES string of the molecule is CNc1nccn2cc(C(=O)N/N=C\c3ccccc3Cl)nc12. The zero-order valence-corrected chi connectivity index (χ0v) is 12.9. The molecule has 116 valence electrons. The lowest BCUT2D eigenvalue weighted by atomic mass is 10.2. The van der Waals surface area contributed by atoms with Gasteiger partial charge in [-0.05, 0) is 6.07 Å². The quantitative estimate of drug-likeness (QED) is 0.568. The molecule has 23 heavy (non-hydrogen) atoms. The third-order valence-corrected chi connectivity index (χ3v) is 3.46. The number of nitrogens with one attached hydrogen (secondary N) is 2. The first-order valence-electron chi connectivity index (χ1n) is 6.78. The van der Waals surface area contributed by atoms with E-state index in [-0.39, 0.29) is 5.69 Å². The molecule has 0 unspecified atom stereocenters. The van der Waals surface area contributed by atoms with Crippen molar-refractivity contribution in [2.24, 2.45) is 5.10 Å².